The SMILES string of the molecule is COC1OC(COCc2ccccc2)C(OC2OC3COC(C)(C)OC3C3OC(C)(C)OC23)C(OCc2ccccc2)C1OCc1ccccc1. The van der Waals surface area contributed by atoms with Crippen molar-refractivity contribution in [2.24, 2.45) is 0 Å². The Kier molecular flexibility index (Phi) is 11.5. The van der Waals surface area contributed by atoms with E-state index in [1.807, 2.05) is 119 Å². The van der Waals surface area contributed by atoms with Gasteiger partial charge >= 0.3 is 0 Å². The molecular formula is C40H50O11. The topological polar surface area (TPSA) is 102 Å². The molecule has 10 unspecified atom stereocenters. The maximum Gasteiger partial charge on any atom is 0.187 e. The number of ether oxygens (including phenoxy) is 11. The summed E-state index contributed by atoms with van der Waals surface area (Å²) in [6, 6.07) is 30.0. The molecule has 7 rings (SSSR count). The van der Waals surface area contributed by atoms with Crippen molar-refractivity contribution < 1.29 is 52.1 Å². The molecule has 0 N–H and O–H groups in total. The quantitative estimate of drug-likeness (QED) is 0.225. The van der Waals surface area contributed by atoms with Gasteiger partial charge in [0.1, 0.15) is 48.8 Å². The van der Waals surface area contributed by atoms with Gasteiger partial charge in [0.2, 0.25) is 0 Å². The van der Waals surface area contributed by atoms with Crippen molar-refractivity contribution in [3.63, 3.8) is 0 Å². The molecule has 0 saturated carbocycles. The van der Waals surface area contributed by atoms with Gasteiger partial charge in [-0.3, -0.25) is 0 Å². The van der Waals surface area contributed by atoms with Crippen LogP contribution in [0.25, 0.3) is 0 Å². The molecule has 0 aromatic heterocycles. The fourth-order valence-electron chi connectivity index (χ4n) is 7.14. The van der Waals surface area contributed by atoms with Gasteiger partial charge < -0.3 is 52.1 Å². The van der Waals surface area contributed by atoms with Crippen molar-refractivity contribution in [3.8, 4) is 0 Å². The van der Waals surface area contributed by atoms with Crippen LogP contribution in [0.5, 0.6) is 0 Å². The van der Waals surface area contributed by atoms with Crippen LogP contribution in [0.2, 0.25) is 0 Å². The summed E-state index contributed by atoms with van der Waals surface area (Å²) in [6.45, 7) is 9.03. The summed E-state index contributed by atoms with van der Waals surface area (Å²) in [7, 11) is 1.60. The van der Waals surface area contributed by atoms with Crippen LogP contribution in [0, 0.1) is 0 Å². The molecule has 0 bridgehead atoms. The Labute approximate surface area is 300 Å². The van der Waals surface area contributed by atoms with Crippen LogP contribution in [0.4, 0.5) is 0 Å². The van der Waals surface area contributed by atoms with Crippen LogP contribution < -0.4 is 0 Å². The van der Waals surface area contributed by atoms with Gasteiger partial charge in [-0.05, 0) is 44.4 Å². The lowest BCUT2D eigenvalue weighted by atomic mass is 9.95. The summed E-state index contributed by atoms with van der Waals surface area (Å²) in [6.07, 6.45) is -6.35. The molecule has 4 saturated heterocycles. The van der Waals surface area contributed by atoms with Crippen molar-refractivity contribution >= 4 is 0 Å². The van der Waals surface area contributed by atoms with E-state index in [4.69, 9.17) is 52.1 Å². The van der Waals surface area contributed by atoms with E-state index in [0.29, 0.717) is 26.4 Å². The van der Waals surface area contributed by atoms with E-state index < -0.39 is 73.0 Å². The van der Waals surface area contributed by atoms with Gasteiger partial charge in [-0.15, -0.1) is 0 Å². The summed E-state index contributed by atoms with van der Waals surface area (Å²) < 4.78 is 71.2. The Morgan fingerprint density at radius 1 is 0.588 bits per heavy atom. The molecule has 4 heterocycles. The predicted molar refractivity (Wildman–Crippen MR) is 184 cm³/mol. The fourth-order valence-corrected chi connectivity index (χ4v) is 7.14. The Morgan fingerprint density at radius 2 is 1.14 bits per heavy atom. The zero-order chi connectivity index (χ0) is 35.4. The van der Waals surface area contributed by atoms with Gasteiger partial charge in [-0.1, -0.05) is 91.0 Å². The average Bonchev–Trinajstić information content (AvgIpc) is 3.47. The highest BCUT2D eigenvalue weighted by Gasteiger charge is 2.60. The number of benzene rings is 3. The normalized spacial score (nSPS) is 34.1. The summed E-state index contributed by atoms with van der Waals surface area (Å²) >= 11 is 0. The van der Waals surface area contributed by atoms with Crippen molar-refractivity contribution in [2.75, 3.05) is 20.3 Å². The third kappa shape index (κ3) is 8.89. The van der Waals surface area contributed by atoms with Crippen LogP contribution in [0.1, 0.15) is 44.4 Å². The largest absolute Gasteiger partial charge is 0.374 e. The number of hydrogen-bond donors (Lipinski definition) is 0. The number of methoxy groups -OCH3 is 1. The fraction of sp³-hybridized carbons (Fsp3) is 0.550. The first-order valence-corrected chi connectivity index (χ1v) is 17.8. The molecule has 276 valence electrons. The second kappa shape index (κ2) is 16.1. The molecule has 4 aliphatic heterocycles. The summed E-state index contributed by atoms with van der Waals surface area (Å²) in [4.78, 5) is 0. The number of hydrogen-bond acceptors (Lipinski definition) is 11. The first kappa shape index (κ1) is 36.6. The first-order valence-electron chi connectivity index (χ1n) is 17.8. The Bertz CT molecular complexity index is 1510. The lowest BCUT2D eigenvalue weighted by Gasteiger charge is -2.50. The molecule has 4 fully saturated rings. The highest BCUT2D eigenvalue weighted by atomic mass is 16.8. The van der Waals surface area contributed by atoms with Crippen LogP contribution in [0.15, 0.2) is 91.0 Å². The standard InChI is InChI=1S/C40H50O11/c1-39(2)45-25-30-32(49-39)34-36(51-40(3,4)50-34)38(47-30)48-31-29(24-42-21-26-15-9-6-10-16-26)46-37(41-5)35(44-23-28-19-13-8-14-20-28)33(31)43-22-27-17-11-7-12-18-27/h6-20,29-38H,21-25H2,1-5H3. The van der Waals surface area contributed by atoms with E-state index in [1.165, 1.54) is 0 Å². The third-order valence-corrected chi connectivity index (χ3v) is 9.53. The molecule has 0 radical (unpaired) electrons. The highest BCUT2D eigenvalue weighted by molar-refractivity contribution is 5.15. The molecule has 11 heteroatoms. The second-order valence-electron chi connectivity index (χ2n) is 14.3. The van der Waals surface area contributed by atoms with E-state index >= 15 is 0 Å². The first-order chi connectivity index (χ1) is 24.7. The lowest BCUT2D eigenvalue weighted by Crippen LogP contribution is -2.67. The minimum absolute atomic E-state index is 0.187. The van der Waals surface area contributed by atoms with Crippen LogP contribution in [-0.4, -0.2) is 93.3 Å². The summed E-state index contributed by atoms with van der Waals surface area (Å²) in [5.41, 5.74) is 3.04. The minimum atomic E-state index is -0.895. The van der Waals surface area contributed by atoms with Crippen LogP contribution in [0.3, 0.4) is 0 Å². The molecule has 3 aromatic rings. The molecule has 0 amide bonds. The second-order valence-corrected chi connectivity index (χ2v) is 14.3. The van der Waals surface area contributed by atoms with Crippen molar-refractivity contribution in [1.29, 1.82) is 0 Å². The van der Waals surface area contributed by atoms with Gasteiger partial charge in [-0.2, -0.15) is 0 Å². The molecule has 4 aliphatic rings. The Hall–Kier alpha value is -2.78. The zero-order valence-corrected chi connectivity index (χ0v) is 30.0. The smallest absolute Gasteiger partial charge is 0.187 e. The Balaban J connectivity index is 1.20. The predicted octanol–water partition coefficient (Wildman–Crippen LogP) is 5.53. The number of rotatable bonds is 13. The summed E-state index contributed by atoms with van der Waals surface area (Å²) in [5.74, 6) is -1.69. The maximum atomic E-state index is 7.03. The van der Waals surface area contributed by atoms with Crippen molar-refractivity contribution in [3.05, 3.63) is 108 Å². The third-order valence-electron chi connectivity index (χ3n) is 9.53. The van der Waals surface area contributed by atoms with E-state index in [1.54, 1.807) is 7.11 Å². The van der Waals surface area contributed by atoms with E-state index in [9.17, 15) is 0 Å². The molecule has 51 heavy (non-hydrogen) atoms. The lowest BCUT2D eigenvalue weighted by molar-refractivity contribution is -0.391. The number of fused-ring (bicyclic) bond motifs is 3. The van der Waals surface area contributed by atoms with Gasteiger partial charge in [0, 0.05) is 7.11 Å². The summed E-state index contributed by atoms with van der Waals surface area (Å²) in [5, 5.41) is 0. The molecule has 10 atom stereocenters. The minimum Gasteiger partial charge on any atom is -0.374 e. The maximum absolute atomic E-state index is 7.03. The van der Waals surface area contributed by atoms with Gasteiger partial charge in [0.05, 0.1) is 33.0 Å². The van der Waals surface area contributed by atoms with Gasteiger partial charge in [0.15, 0.2) is 24.2 Å². The molecular weight excluding hydrogens is 656 g/mol. The van der Waals surface area contributed by atoms with E-state index in [2.05, 4.69) is 0 Å². The monoisotopic (exact) mass is 706 g/mol. The van der Waals surface area contributed by atoms with Gasteiger partial charge in [-0.25, -0.2) is 0 Å². The zero-order valence-electron chi connectivity index (χ0n) is 30.0. The van der Waals surface area contributed by atoms with E-state index in [-0.39, 0.29) is 6.61 Å². The average molecular weight is 707 g/mol. The molecule has 0 aliphatic carbocycles. The highest BCUT2D eigenvalue weighted by Crippen LogP contribution is 2.43. The Morgan fingerprint density at radius 3 is 1.75 bits per heavy atom. The van der Waals surface area contributed by atoms with E-state index in [0.717, 1.165) is 16.7 Å². The van der Waals surface area contributed by atoms with Gasteiger partial charge in [0.25, 0.3) is 0 Å². The molecule has 0 spiro atoms. The molecule has 11 nitrogen and oxygen atoms in total. The van der Waals surface area contributed by atoms with Crippen LogP contribution >= 0.6 is 0 Å². The van der Waals surface area contributed by atoms with Crippen LogP contribution in [-0.2, 0) is 71.9 Å². The van der Waals surface area contributed by atoms with Crippen molar-refractivity contribution in [1.82, 2.24) is 0 Å². The molecule has 3 aromatic carbocycles. The van der Waals surface area contributed by atoms with Crippen molar-refractivity contribution in [2.45, 2.75) is 121 Å².